The highest BCUT2D eigenvalue weighted by Gasteiger charge is 2.54. The highest BCUT2D eigenvalue weighted by molar-refractivity contribution is 6.20. The van der Waals surface area contributed by atoms with Crippen LogP contribution in [0.3, 0.4) is 0 Å². The number of benzene rings is 2. The normalized spacial score (nSPS) is 22.2. The number of primary amides is 1. The molecule has 2 aliphatic rings. The number of nitrogens with one attached hydrogen (secondary N) is 1. The molecule has 13 nitrogen and oxygen atoms in total. The molecule has 2 amide bonds. The molecule has 0 heterocycles. The molecule has 0 aromatic heterocycles. The number of aliphatic hydroxyl groups excluding tert-OH is 2. The van der Waals surface area contributed by atoms with Crippen LogP contribution in [0.1, 0.15) is 39.1 Å². The van der Waals surface area contributed by atoms with Crippen LogP contribution in [-0.4, -0.2) is 102 Å². The highest BCUT2D eigenvalue weighted by atomic mass is 16.5. The molecule has 6 N–H and O–H groups in total. The Morgan fingerprint density at radius 2 is 1.80 bits per heavy atom. The van der Waals surface area contributed by atoms with E-state index in [0.717, 1.165) is 7.11 Å². The predicted octanol–water partition coefficient (Wildman–Crippen LogP) is -0.134. The summed E-state index contributed by atoms with van der Waals surface area (Å²) in [6, 6.07) is 7.35. The lowest BCUT2D eigenvalue weighted by Gasteiger charge is -2.45. The van der Waals surface area contributed by atoms with Crippen LogP contribution in [0.25, 0.3) is 11.1 Å². The molecule has 0 bridgehead atoms. The third-order valence-electron chi connectivity index (χ3n) is 8.82. The molecule has 2 aliphatic carbocycles. The number of phenolic OH excluding ortho intramolecular Hbond substituents is 1. The first kappa shape index (κ1) is 33.4. The van der Waals surface area contributed by atoms with Crippen molar-refractivity contribution in [1.29, 1.82) is 0 Å². The third-order valence-corrected chi connectivity index (χ3v) is 8.82. The lowest BCUT2D eigenvalue weighted by Crippen LogP contribution is -2.55. The first-order chi connectivity index (χ1) is 21.3. The maximum Gasteiger partial charge on any atom is 0.330 e. The molecule has 240 valence electrons. The third kappa shape index (κ3) is 6.51. The molecule has 0 saturated heterocycles. The van der Waals surface area contributed by atoms with Crippen LogP contribution in [0.2, 0.25) is 0 Å². The second-order valence-corrected chi connectivity index (χ2v) is 11.7. The molecule has 1 saturated carbocycles. The van der Waals surface area contributed by atoms with Gasteiger partial charge < -0.3 is 36.0 Å². The van der Waals surface area contributed by atoms with E-state index in [0.29, 0.717) is 16.7 Å². The Kier molecular flexibility index (Phi) is 10.2. The average molecular weight is 624 g/mol. The van der Waals surface area contributed by atoms with Gasteiger partial charge in [-0.2, -0.15) is 0 Å². The molecule has 13 heteroatoms. The van der Waals surface area contributed by atoms with E-state index in [1.807, 2.05) is 0 Å². The van der Waals surface area contributed by atoms with Crippen LogP contribution in [0.15, 0.2) is 36.4 Å². The van der Waals surface area contributed by atoms with E-state index < -0.39 is 83.9 Å². The summed E-state index contributed by atoms with van der Waals surface area (Å²) in [5.74, 6) is -8.61. The van der Waals surface area contributed by atoms with E-state index in [1.165, 1.54) is 18.2 Å². The lowest BCUT2D eigenvalue weighted by molar-refractivity contribution is -0.145. The number of carbonyl (C=O) groups is 6. The van der Waals surface area contributed by atoms with Gasteiger partial charge in [0.05, 0.1) is 44.1 Å². The fourth-order valence-corrected chi connectivity index (χ4v) is 6.74. The Labute approximate surface area is 259 Å². The van der Waals surface area contributed by atoms with Gasteiger partial charge in [-0.1, -0.05) is 18.2 Å². The highest BCUT2D eigenvalue weighted by Crippen LogP contribution is 2.48. The second kappa shape index (κ2) is 13.7. The number of nitrogens with two attached hydrogens (primary N) is 1. The maximum absolute atomic E-state index is 14.0. The largest absolute Gasteiger partial charge is 0.507 e. The minimum absolute atomic E-state index is 0.0612. The topological polar surface area (TPSA) is 214 Å². The number of carbonyl (C=O) groups excluding carboxylic acids is 6. The number of ketones is 3. The fraction of sp³-hybridized carbons (Fsp3) is 0.438. The molecule has 0 radical (unpaired) electrons. The molecule has 0 spiro atoms. The smallest absolute Gasteiger partial charge is 0.330 e. The van der Waals surface area contributed by atoms with Crippen LogP contribution in [0.4, 0.5) is 0 Å². The van der Waals surface area contributed by atoms with Crippen molar-refractivity contribution in [1.82, 2.24) is 10.2 Å². The summed E-state index contributed by atoms with van der Waals surface area (Å²) >= 11 is 0. The number of aliphatic hydroxyl groups is 2. The molecule has 2 aromatic carbocycles. The van der Waals surface area contributed by atoms with Crippen LogP contribution < -0.4 is 11.1 Å². The Balaban J connectivity index is 1.76. The minimum Gasteiger partial charge on any atom is -0.507 e. The number of rotatable bonds is 11. The predicted molar refractivity (Wildman–Crippen MR) is 159 cm³/mol. The van der Waals surface area contributed by atoms with Crippen LogP contribution >= 0.6 is 0 Å². The number of esters is 1. The monoisotopic (exact) mass is 623 g/mol. The molecule has 6 atom stereocenters. The van der Waals surface area contributed by atoms with Crippen molar-refractivity contribution in [3.8, 4) is 16.9 Å². The lowest BCUT2D eigenvalue weighted by atomic mass is 9.58. The number of amides is 2. The standard InChI is InChI=1S/C32H37N3O10/c1-35(2)22(14-37)20-11-17-10-19-18(15-5-4-6-16(9-15)31(43)34-21(13-36)32(44)45-3)7-8-23(38)27(19)29(41)26(17)30(42)28(20)24(39)12-25(33)40/h4-9,17,20-22,26,28,36-38H,10-14H2,1-3H3,(H2,33,40)(H,34,43). The van der Waals surface area contributed by atoms with Gasteiger partial charge in [0.15, 0.2) is 23.4 Å². The van der Waals surface area contributed by atoms with Crippen LogP contribution in [0.5, 0.6) is 5.75 Å². The van der Waals surface area contributed by atoms with E-state index in [2.05, 4.69) is 10.1 Å². The van der Waals surface area contributed by atoms with E-state index in [1.54, 1.807) is 37.2 Å². The molecular formula is C32H37N3O10. The molecular weight excluding hydrogens is 586 g/mol. The van der Waals surface area contributed by atoms with E-state index in [4.69, 9.17) is 5.73 Å². The van der Waals surface area contributed by atoms with Gasteiger partial charge in [-0.3, -0.25) is 24.0 Å². The summed E-state index contributed by atoms with van der Waals surface area (Å²) < 4.78 is 4.60. The van der Waals surface area contributed by atoms with Gasteiger partial charge in [0.2, 0.25) is 5.91 Å². The van der Waals surface area contributed by atoms with Gasteiger partial charge in [0, 0.05) is 11.6 Å². The second-order valence-electron chi connectivity index (χ2n) is 11.7. The number of hydrogen-bond donors (Lipinski definition) is 5. The zero-order valence-electron chi connectivity index (χ0n) is 25.2. The van der Waals surface area contributed by atoms with Crippen molar-refractivity contribution in [2.24, 2.45) is 29.4 Å². The number of likely N-dealkylation sites (N-methyl/N-ethyl adjacent to an activating group) is 1. The minimum atomic E-state index is -1.34. The quantitative estimate of drug-likeness (QED) is 0.164. The van der Waals surface area contributed by atoms with E-state index in [9.17, 15) is 44.1 Å². The molecule has 1 fully saturated rings. The summed E-state index contributed by atoms with van der Waals surface area (Å²) in [4.78, 5) is 79.2. The van der Waals surface area contributed by atoms with Crippen molar-refractivity contribution in [2.75, 3.05) is 34.4 Å². The first-order valence-corrected chi connectivity index (χ1v) is 14.5. The zero-order chi connectivity index (χ0) is 33.2. The molecule has 4 rings (SSSR count). The molecule has 0 aliphatic heterocycles. The van der Waals surface area contributed by atoms with Crippen molar-refractivity contribution in [2.45, 2.75) is 31.3 Å². The number of methoxy groups -OCH3 is 1. The number of hydrogen-bond acceptors (Lipinski definition) is 11. The SMILES string of the molecule is COC(=O)C(CO)NC(=O)c1cccc(-c2ccc(O)c3c2CC2CC(C(CO)N(C)C)C(C(=O)CC(N)=O)C(=O)C2C3=O)c1. The Bertz CT molecular complexity index is 1540. The van der Waals surface area contributed by atoms with Gasteiger partial charge in [-0.05, 0) is 73.7 Å². The number of aromatic hydroxyl groups is 1. The van der Waals surface area contributed by atoms with Crippen LogP contribution in [0, 0.1) is 23.7 Å². The van der Waals surface area contributed by atoms with Crippen molar-refractivity contribution >= 4 is 35.1 Å². The summed E-state index contributed by atoms with van der Waals surface area (Å²) in [5.41, 5.74) is 6.85. The van der Waals surface area contributed by atoms with Crippen LogP contribution in [-0.2, 0) is 30.3 Å². The van der Waals surface area contributed by atoms with Crippen molar-refractivity contribution in [3.63, 3.8) is 0 Å². The summed E-state index contributed by atoms with van der Waals surface area (Å²) in [7, 11) is 4.52. The van der Waals surface area contributed by atoms with Gasteiger partial charge in [0.25, 0.3) is 5.91 Å². The summed E-state index contributed by atoms with van der Waals surface area (Å²) in [5, 5.41) is 32.9. The van der Waals surface area contributed by atoms with Crippen molar-refractivity contribution in [3.05, 3.63) is 53.1 Å². The van der Waals surface area contributed by atoms with Gasteiger partial charge in [0.1, 0.15) is 5.75 Å². The number of Topliss-reactive ketones (excluding diaryl/α,β-unsaturated/α-hetero) is 3. The van der Waals surface area contributed by atoms with E-state index in [-0.39, 0.29) is 36.3 Å². The first-order valence-electron chi connectivity index (χ1n) is 14.5. The average Bonchev–Trinajstić information content (AvgIpc) is 2.99. The van der Waals surface area contributed by atoms with Gasteiger partial charge >= 0.3 is 5.97 Å². The molecule has 6 unspecified atom stereocenters. The number of ether oxygens (including phenoxy) is 1. The van der Waals surface area contributed by atoms with Gasteiger partial charge in [-0.25, -0.2) is 4.79 Å². The maximum atomic E-state index is 14.0. The summed E-state index contributed by atoms with van der Waals surface area (Å²) in [6.45, 7) is -1.05. The van der Waals surface area contributed by atoms with Gasteiger partial charge in [-0.15, -0.1) is 0 Å². The Morgan fingerprint density at radius 1 is 1.09 bits per heavy atom. The molecule has 45 heavy (non-hydrogen) atoms. The Morgan fingerprint density at radius 3 is 2.40 bits per heavy atom. The van der Waals surface area contributed by atoms with E-state index >= 15 is 0 Å². The summed E-state index contributed by atoms with van der Waals surface area (Å²) in [6.07, 6.45) is -0.308. The number of phenols is 1. The zero-order valence-corrected chi connectivity index (χ0v) is 25.2. The molecule has 2 aromatic rings. The number of nitrogens with zero attached hydrogens (tertiary/aromatic N) is 1. The number of fused-ring (bicyclic) bond motifs is 2. The fourth-order valence-electron chi connectivity index (χ4n) is 6.74. The Hall–Kier alpha value is -4.46. The van der Waals surface area contributed by atoms with Crippen molar-refractivity contribution < 1.29 is 48.8 Å².